The van der Waals surface area contributed by atoms with Crippen LogP contribution in [0.4, 0.5) is 0 Å². The first kappa shape index (κ1) is 13.0. The minimum absolute atomic E-state index is 0.617. The Morgan fingerprint density at radius 3 is 2.11 bits per heavy atom. The fourth-order valence-electron chi connectivity index (χ4n) is 3.81. The summed E-state index contributed by atoms with van der Waals surface area (Å²) in [6, 6.07) is 0. The molecule has 2 fully saturated rings. The van der Waals surface area contributed by atoms with E-state index < -0.39 is 0 Å². The maximum Gasteiger partial charge on any atom is 0.131 e. The molecule has 0 bridgehead atoms. The Balaban J connectivity index is 1.88. The summed E-state index contributed by atoms with van der Waals surface area (Å²) in [6.45, 7) is 6.61. The van der Waals surface area contributed by atoms with Crippen molar-refractivity contribution in [1.29, 1.82) is 0 Å². The van der Waals surface area contributed by atoms with Crippen molar-refractivity contribution < 1.29 is 0 Å². The van der Waals surface area contributed by atoms with Crippen LogP contribution in [0, 0.1) is 13.8 Å². The van der Waals surface area contributed by atoms with Crippen LogP contribution in [0.25, 0.3) is 0 Å². The van der Waals surface area contributed by atoms with E-state index in [4.69, 9.17) is 9.97 Å². The summed E-state index contributed by atoms with van der Waals surface area (Å²) in [7, 11) is 0. The summed E-state index contributed by atoms with van der Waals surface area (Å²) < 4.78 is 0. The normalized spacial score (nSPS) is 24.8. The van der Waals surface area contributed by atoms with Gasteiger partial charge in [0.1, 0.15) is 5.82 Å². The first-order chi connectivity index (χ1) is 9.25. The number of hydrogen-bond donors (Lipinski definition) is 1. The van der Waals surface area contributed by atoms with Crippen molar-refractivity contribution in [2.45, 2.75) is 64.2 Å². The Morgan fingerprint density at radius 2 is 1.53 bits per heavy atom. The number of nitrogens with zero attached hydrogens (tertiary/aromatic N) is 2. The van der Waals surface area contributed by atoms with E-state index in [2.05, 4.69) is 19.2 Å². The van der Waals surface area contributed by atoms with Gasteiger partial charge in [-0.15, -0.1) is 0 Å². The zero-order valence-corrected chi connectivity index (χ0v) is 12.2. The number of nitrogens with one attached hydrogen (secondary N) is 1. The molecule has 0 radical (unpaired) electrons. The Kier molecular flexibility index (Phi) is 3.83. The van der Waals surface area contributed by atoms with Crippen molar-refractivity contribution in [3.8, 4) is 0 Å². The lowest BCUT2D eigenvalue weighted by Gasteiger charge is -2.26. The molecule has 2 aliphatic rings. The smallest absolute Gasteiger partial charge is 0.131 e. The molecule has 1 saturated carbocycles. The maximum absolute atomic E-state index is 4.85. The van der Waals surface area contributed by atoms with Crippen LogP contribution >= 0.6 is 0 Å². The highest BCUT2D eigenvalue weighted by Gasteiger charge is 2.24. The highest BCUT2D eigenvalue weighted by Crippen LogP contribution is 2.34. The Morgan fingerprint density at radius 1 is 0.895 bits per heavy atom. The van der Waals surface area contributed by atoms with Crippen LogP contribution in [0.2, 0.25) is 0 Å². The van der Waals surface area contributed by atoms with Gasteiger partial charge in [-0.05, 0) is 57.6 Å². The Bertz CT molecular complexity index is 420. The van der Waals surface area contributed by atoms with E-state index in [0.29, 0.717) is 11.8 Å². The highest BCUT2D eigenvalue weighted by atomic mass is 14.9. The number of rotatable bonds is 2. The van der Waals surface area contributed by atoms with E-state index >= 15 is 0 Å². The molecule has 3 nitrogen and oxygen atoms in total. The molecule has 1 aromatic heterocycles. The summed E-state index contributed by atoms with van der Waals surface area (Å²) in [5.41, 5.74) is 3.86. The van der Waals surface area contributed by atoms with E-state index in [1.54, 1.807) is 0 Å². The maximum atomic E-state index is 4.85. The molecule has 2 heterocycles. The van der Waals surface area contributed by atoms with Crippen molar-refractivity contribution in [3.63, 3.8) is 0 Å². The van der Waals surface area contributed by atoms with Gasteiger partial charge in [0.05, 0.1) is 0 Å². The minimum Gasteiger partial charge on any atom is -0.316 e. The molecule has 1 aromatic rings. The molecule has 0 spiro atoms. The molecule has 1 aliphatic heterocycles. The Labute approximate surface area is 116 Å². The van der Waals surface area contributed by atoms with Gasteiger partial charge in [0.25, 0.3) is 0 Å². The van der Waals surface area contributed by atoms with E-state index in [1.807, 2.05) is 0 Å². The second-order valence-corrected chi connectivity index (χ2v) is 6.19. The zero-order chi connectivity index (χ0) is 13.2. The van der Waals surface area contributed by atoms with E-state index in [-0.39, 0.29) is 0 Å². The summed E-state index contributed by atoms with van der Waals surface area (Å²) in [6.07, 6.45) is 7.81. The second kappa shape index (κ2) is 5.58. The van der Waals surface area contributed by atoms with Crippen LogP contribution in [0.3, 0.4) is 0 Å². The molecule has 19 heavy (non-hydrogen) atoms. The lowest BCUT2D eigenvalue weighted by atomic mass is 9.89. The first-order valence-electron chi connectivity index (χ1n) is 7.81. The van der Waals surface area contributed by atoms with Gasteiger partial charge in [-0.3, -0.25) is 0 Å². The number of hydrogen-bond acceptors (Lipinski definition) is 3. The van der Waals surface area contributed by atoms with Gasteiger partial charge in [-0.2, -0.15) is 0 Å². The monoisotopic (exact) mass is 259 g/mol. The Hall–Kier alpha value is -0.960. The molecular weight excluding hydrogens is 234 g/mol. The second-order valence-electron chi connectivity index (χ2n) is 6.19. The molecule has 1 N–H and O–H groups in total. The fraction of sp³-hybridized carbons (Fsp3) is 0.750. The zero-order valence-electron chi connectivity index (χ0n) is 12.2. The summed E-state index contributed by atoms with van der Waals surface area (Å²) in [5.74, 6) is 2.35. The summed E-state index contributed by atoms with van der Waals surface area (Å²) in [4.78, 5) is 9.70. The average Bonchev–Trinajstić information content (AvgIpc) is 2.93. The van der Waals surface area contributed by atoms with Crippen LogP contribution in [0.1, 0.15) is 73.1 Å². The predicted octanol–water partition coefficient (Wildman–Crippen LogP) is 3.22. The minimum atomic E-state index is 0.617. The molecular formula is C16H25N3. The number of aromatic nitrogens is 2. The molecule has 1 aliphatic carbocycles. The highest BCUT2D eigenvalue weighted by molar-refractivity contribution is 5.30. The van der Waals surface area contributed by atoms with Crippen LogP contribution in [-0.2, 0) is 0 Å². The molecule has 0 aromatic carbocycles. The molecule has 1 atom stereocenters. The van der Waals surface area contributed by atoms with Crippen molar-refractivity contribution >= 4 is 0 Å². The predicted molar refractivity (Wildman–Crippen MR) is 77.6 cm³/mol. The van der Waals surface area contributed by atoms with Crippen molar-refractivity contribution in [3.05, 3.63) is 22.8 Å². The summed E-state index contributed by atoms with van der Waals surface area (Å²) >= 11 is 0. The van der Waals surface area contributed by atoms with E-state index in [1.165, 1.54) is 55.5 Å². The molecule has 1 saturated heterocycles. The van der Waals surface area contributed by atoms with Gasteiger partial charge in [0.15, 0.2) is 0 Å². The van der Waals surface area contributed by atoms with Gasteiger partial charge >= 0.3 is 0 Å². The average molecular weight is 259 g/mol. The van der Waals surface area contributed by atoms with Crippen molar-refractivity contribution in [2.24, 2.45) is 0 Å². The third-order valence-corrected chi connectivity index (χ3v) is 4.77. The number of piperidine rings is 1. The van der Waals surface area contributed by atoms with Crippen LogP contribution in [0.15, 0.2) is 0 Å². The largest absolute Gasteiger partial charge is 0.316 e. The lowest BCUT2D eigenvalue weighted by molar-refractivity contribution is 0.455. The SMILES string of the molecule is Cc1nc(C2CCCC2)nc(C)c1C1CCCNC1. The fourth-order valence-corrected chi connectivity index (χ4v) is 3.81. The van der Waals surface area contributed by atoms with Crippen molar-refractivity contribution in [2.75, 3.05) is 13.1 Å². The van der Waals surface area contributed by atoms with Gasteiger partial charge < -0.3 is 5.32 Å². The van der Waals surface area contributed by atoms with Crippen LogP contribution in [0.5, 0.6) is 0 Å². The van der Waals surface area contributed by atoms with E-state index in [9.17, 15) is 0 Å². The van der Waals surface area contributed by atoms with Gasteiger partial charge in [-0.1, -0.05) is 12.8 Å². The molecule has 3 heteroatoms. The molecule has 3 rings (SSSR count). The van der Waals surface area contributed by atoms with Crippen LogP contribution < -0.4 is 5.32 Å². The first-order valence-corrected chi connectivity index (χ1v) is 7.81. The van der Waals surface area contributed by atoms with Gasteiger partial charge in [0, 0.05) is 23.9 Å². The van der Waals surface area contributed by atoms with Gasteiger partial charge in [0.2, 0.25) is 0 Å². The van der Waals surface area contributed by atoms with Crippen molar-refractivity contribution in [1.82, 2.24) is 15.3 Å². The lowest BCUT2D eigenvalue weighted by Crippen LogP contribution is -2.29. The van der Waals surface area contributed by atoms with Crippen LogP contribution in [-0.4, -0.2) is 23.1 Å². The third kappa shape index (κ3) is 2.66. The van der Waals surface area contributed by atoms with E-state index in [0.717, 1.165) is 18.9 Å². The van der Waals surface area contributed by atoms with Gasteiger partial charge in [-0.25, -0.2) is 9.97 Å². The number of aryl methyl sites for hydroxylation is 2. The summed E-state index contributed by atoms with van der Waals surface area (Å²) in [5, 5.41) is 3.50. The standard InChI is InChI=1S/C16H25N3/c1-11-15(14-8-5-9-17-10-14)12(2)19-16(18-11)13-6-3-4-7-13/h13-14,17H,3-10H2,1-2H3. The molecule has 1 unspecified atom stereocenters. The molecule has 0 amide bonds. The quantitative estimate of drug-likeness (QED) is 0.886. The third-order valence-electron chi connectivity index (χ3n) is 4.77. The molecule has 104 valence electrons. The topological polar surface area (TPSA) is 37.8 Å².